The molecule has 0 atom stereocenters. The van der Waals surface area contributed by atoms with Gasteiger partial charge in [0.15, 0.2) is 5.76 Å². The van der Waals surface area contributed by atoms with E-state index in [1.807, 2.05) is 0 Å². The maximum atomic E-state index is 5.23. The first-order valence-electron chi connectivity index (χ1n) is 2.14. The molecule has 1 rings (SSSR count). The van der Waals surface area contributed by atoms with Crippen LogP contribution in [-0.4, -0.2) is 5.16 Å². The fourth-order valence-electron chi connectivity index (χ4n) is 0.384. The van der Waals surface area contributed by atoms with Gasteiger partial charge in [0.05, 0.1) is 6.54 Å². The van der Waals surface area contributed by atoms with Crippen molar-refractivity contribution in [2.75, 3.05) is 0 Å². The van der Waals surface area contributed by atoms with Crippen molar-refractivity contribution in [2.45, 2.75) is 6.54 Å². The average Bonchev–Trinajstić information content (AvgIpc) is 2.14. The first-order valence-corrected chi connectivity index (χ1v) is 3.22. The lowest BCUT2D eigenvalue weighted by molar-refractivity contribution is 0.381. The fourth-order valence-corrected chi connectivity index (χ4v) is 0.830. The highest BCUT2D eigenvalue weighted by molar-refractivity contribution is 14.1. The van der Waals surface area contributed by atoms with Gasteiger partial charge in [0.1, 0.15) is 3.70 Å². The zero-order valence-electron chi connectivity index (χ0n) is 4.10. The smallest absolute Gasteiger partial charge is 0.151 e. The topological polar surface area (TPSA) is 52.0 Å². The van der Waals surface area contributed by atoms with Gasteiger partial charge in [0.2, 0.25) is 0 Å². The van der Waals surface area contributed by atoms with Gasteiger partial charge in [0.25, 0.3) is 0 Å². The van der Waals surface area contributed by atoms with E-state index in [0.29, 0.717) is 6.54 Å². The van der Waals surface area contributed by atoms with Crippen molar-refractivity contribution in [3.05, 3.63) is 15.5 Å². The highest BCUT2D eigenvalue weighted by Crippen LogP contribution is 2.03. The number of halogens is 1. The highest BCUT2D eigenvalue weighted by atomic mass is 127. The fraction of sp³-hybridized carbons (Fsp3) is 0.250. The summed E-state index contributed by atoms with van der Waals surface area (Å²) in [6.45, 7) is 0.427. The predicted octanol–water partition coefficient (Wildman–Crippen LogP) is 0.738. The maximum absolute atomic E-state index is 5.23. The Balaban J connectivity index is 2.84. The third kappa shape index (κ3) is 1.19. The van der Waals surface area contributed by atoms with Gasteiger partial charge in [-0.2, -0.15) is 0 Å². The Morgan fingerprint density at radius 3 is 2.88 bits per heavy atom. The van der Waals surface area contributed by atoms with Crippen LogP contribution in [0, 0.1) is 3.70 Å². The molecule has 0 saturated carbocycles. The van der Waals surface area contributed by atoms with Gasteiger partial charge in [0, 0.05) is 6.07 Å². The Kier molecular flexibility index (Phi) is 1.85. The Labute approximate surface area is 60.4 Å². The van der Waals surface area contributed by atoms with Crippen LogP contribution < -0.4 is 5.73 Å². The molecule has 8 heavy (non-hydrogen) atoms. The quantitative estimate of drug-likeness (QED) is 0.715. The number of nitrogens with two attached hydrogens (primary N) is 1. The van der Waals surface area contributed by atoms with Crippen molar-refractivity contribution in [2.24, 2.45) is 5.73 Å². The molecular formula is C4H5IN2O. The van der Waals surface area contributed by atoms with Gasteiger partial charge >= 0.3 is 0 Å². The molecule has 3 nitrogen and oxygen atoms in total. The highest BCUT2D eigenvalue weighted by Gasteiger charge is 1.95. The molecule has 0 aromatic carbocycles. The first-order chi connectivity index (χ1) is 3.83. The van der Waals surface area contributed by atoms with E-state index in [-0.39, 0.29) is 0 Å². The molecule has 0 fully saturated rings. The summed E-state index contributed by atoms with van der Waals surface area (Å²) in [6.07, 6.45) is 0. The lowest BCUT2D eigenvalue weighted by Crippen LogP contribution is -1.92. The molecule has 4 heteroatoms. The number of rotatable bonds is 1. The van der Waals surface area contributed by atoms with E-state index in [1.54, 1.807) is 6.07 Å². The van der Waals surface area contributed by atoms with Crippen molar-refractivity contribution in [1.29, 1.82) is 0 Å². The molecule has 0 radical (unpaired) electrons. The van der Waals surface area contributed by atoms with Crippen LogP contribution in [0.25, 0.3) is 0 Å². The summed E-state index contributed by atoms with van der Waals surface area (Å²) in [4.78, 5) is 0. The van der Waals surface area contributed by atoms with Gasteiger partial charge in [-0.25, -0.2) is 0 Å². The third-order valence-corrected chi connectivity index (χ3v) is 1.24. The standard InChI is InChI=1S/C4H5IN2O/c5-4-1-3(2-6)8-7-4/h1H,2,6H2. The number of aromatic nitrogens is 1. The average molecular weight is 224 g/mol. The Bertz CT molecular complexity index is 174. The van der Waals surface area contributed by atoms with Gasteiger partial charge in [-0.1, -0.05) is 5.16 Å². The van der Waals surface area contributed by atoms with Crippen LogP contribution in [0.4, 0.5) is 0 Å². The van der Waals surface area contributed by atoms with Crippen molar-refractivity contribution in [3.8, 4) is 0 Å². The second kappa shape index (κ2) is 2.45. The maximum Gasteiger partial charge on any atom is 0.151 e. The molecule has 0 aliphatic rings. The van der Waals surface area contributed by atoms with Crippen molar-refractivity contribution >= 4 is 22.6 Å². The van der Waals surface area contributed by atoms with Crippen LogP contribution in [-0.2, 0) is 6.54 Å². The molecule has 1 aromatic rings. The van der Waals surface area contributed by atoms with E-state index in [1.165, 1.54) is 0 Å². The molecule has 1 heterocycles. The summed E-state index contributed by atoms with van der Waals surface area (Å²) in [7, 11) is 0. The summed E-state index contributed by atoms with van der Waals surface area (Å²) in [5.41, 5.74) is 5.23. The van der Waals surface area contributed by atoms with E-state index in [4.69, 9.17) is 10.3 Å². The van der Waals surface area contributed by atoms with Gasteiger partial charge in [-0.3, -0.25) is 0 Å². The van der Waals surface area contributed by atoms with E-state index in [2.05, 4.69) is 27.7 Å². The minimum Gasteiger partial charge on any atom is -0.359 e. The van der Waals surface area contributed by atoms with Gasteiger partial charge in [-0.15, -0.1) is 0 Å². The molecular weight excluding hydrogens is 219 g/mol. The Hall–Kier alpha value is -0.100. The third-order valence-electron chi connectivity index (χ3n) is 0.731. The summed E-state index contributed by atoms with van der Waals surface area (Å²) in [6, 6.07) is 1.81. The van der Waals surface area contributed by atoms with Gasteiger partial charge < -0.3 is 10.3 Å². The van der Waals surface area contributed by atoms with Crippen LogP contribution in [0.3, 0.4) is 0 Å². The lowest BCUT2D eigenvalue weighted by atomic mass is 10.5. The zero-order chi connectivity index (χ0) is 5.98. The Morgan fingerprint density at radius 1 is 1.88 bits per heavy atom. The van der Waals surface area contributed by atoms with E-state index < -0.39 is 0 Å². The summed E-state index contributed by atoms with van der Waals surface area (Å²) < 4.78 is 5.58. The molecule has 2 N–H and O–H groups in total. The van der Waals surface area contributed by atoms with Crippen LogP contribution in [0.2, 0.25) is 0 Å². The first kappa shape index (κ1) is 6.03. The van der Waals surface area contributed by atoms with E-state index in [0.717, 1.165) is 9.46 Å². The van der Waals surface area contributed by atoms with Crippen LogP contribution in [0.1, 0.15) is 5.76 Å². The second-order valence-electron chi connectivity index (χ2n) is 1.32. The summed E-state index contributed by atoms with van der Waals surface area (Å²) >= 11 is 2.06. The lowest BCUT2D eigenvalue weighted by Gasteiger charge is -1.77. The second-order valence-corrected chi connectivity index (χ2v) is 2.43. The van der Waals surface area contributed by atoms with E-state index in [9.17, 15) is 0 Å². The predicted molar refractivity (Wildman–Crippen MR) is 37.1 cm³/mol. The number of hydrogen-bond donors (Lipinski definition) is 1. The van der Waals surface area contributed by atoms with E-state index >= 15 is 0 Å². The largest absolute Gasteiger partial charge is 0.359 e. The molecule has 44 valence electrons. The normalized spacial score (nSPS) is 9.75. The molecule has 0 amide bonds. The van der Waals surface area contributed by atoms with Crippen molar-refractivity contribution in [1.82, 2.24) is 5.16 Å². The number of nitrogens with zero attached hydrogens (tertiary/aromatic N) is 1. The minimum absolute atomic E-state index is 0.427. The molecule has 0 saturated heterocycles. The molecule has 0 spiro atoms. The van der Waals surface area contributed by atoms with Crippen molar-refractivity contribution < 1.29 is 4.52 Å². The summed E-state index contributed by atoms with van der Waals surface area (Å²) in [5, 5.41) is 3.62. The Morgan fingerprint density at radius 2 is 2.62 bits per heavy atom. The van der Waals surface area contributed by atoms with Crippen LogP contribution in [0.15, 0.2) is 10.6 Å². The SMILES string of the molecule is NCc1cc(I)no1. The van der Waals surface area contributed by atoms with Crippen LogP contribution >= 0.6 is 22.6 Å². The van der Waals surface area contributed by atoms with Gasteiger partial charge in [-0.05, 0) is 22.6 Å². The van der Waals surface area contributed by atoms with Crippen molar-refractivity contribution in [3.63, 3.8) is 0 Å². The minimum atomic E-state index is 0.427. The molecule has 0 aliphatic heterocycles. The molecule has 0 unspecified atom stereocenters. The summed E-state index contributed by atoms with van der Waals surface area (Å²) in [5.74, 6) is 0.731. The molecule has 1 aromatic heterocycles. The molecule has 0 aliphatic carbocycles. The number of hydrogen-bond acceptors (Lipinski definition) is 3. The monoisotopic (exact) mass is 224 g/mol. The van der Waals surface area contributed by atoms with Crippen LogP contribution in [0.5, 0.6) is 0 Å². The zero-order valence-corrected chi connectivity index (χ0v) is 6.25. The molecule has 0 bridgehead atoms.